The topological polar surface area (TPSA) is 104 Å². The summed E-state index contributed by atoms with van der Waals surface area (Å²) in [4.78, 5) is 26.1. The number of hydrogen-bond donors (Lipinski definition) is 0. The van der Waals surface area contributed by atoms with Gasteiger partial charge in [-0.15, -0.1) is 0 Å². The summed E-state index contributed by atoms with van der Waals surface area (Å²) in [6.45, 7) is 1.88. The molecule has 0 aliphatic rings. The number of hydrogen-bond acceptors (Lipinski definition) is 8. The van der Waals surface area contributed by atoms with E-state index in [4.69, 9.17) is 13.6 Å². The predicted octanol–water partition coefficient (Wildman–Crippen LogP) is 1.23. The molecule has 0 N–H and O–H groups in total. The zero-order chi connectivity index (χ0) is 13.7. The van der Waals surface area contributed by atoms with Crippen LogP contribution in [0.2, 0.25) is 0 Å². The number of nitrogens with zero attached hydrogens (tertiary/aromatic N) is 2. The van der Waals surface area contributed by atoms with E-state index in [1.54, 1.807) is 0 Å². The second-order valence-electron chi connectivity index (χ2n) is 2.89. The lowest BCUT2D eigenvalue weighted by Gasteiger charge is -2.16. The Morgan fingerprint density at radius 2 is 1.39 bits per heavy atom. The fraction of sp³-hybridized carbons (Fsp3) is 0.778. The molecule has 0 aliphatic carbocycles. The molecule has 0 aromatic heterocycles. The molecule has 0 radical (unpaired) electrons. The molecule has 0 aliphatic heterocycles. The van der Waals surface area contributed by atoms with Crippen molar-refractivity contribution >= 4 is 20.0 Å². The molecule has 0 bridgehead atoms. The summed E-state index contributed by atoms with van der Waals surface area (Å²) in [5, 5.41) is 0. The lowest BCUT2D eigenvalue weighted by molar-refractivity contribution is 0.118. The fourth-order valence-electron chi connectivity index (χ4n) is 0.803. The minimum absolute atomic E-state index is 0.0127. The normalized spacial score (nSPS) is 13.2. The molecule has 0 saturated heterocycles. The zero-order valence-electron chi connectivity index (χ0n) is 10.0. The van der Waals surface area contributed by atoms with Crippen molar-refractivity contribution in [2.45, 2.75) is 13.3 Å². The largest absolute Gasteiger partial charge is 0.474 e. The molecule has 0 unspecified atom stereocenters. The minimum Gasteiger partial charge on any atom is -0.287 e. The average Bonchev–Trinajstić information content (AvgIpc) is 2.38. The summed E-state index contributed by atoms with van der Waals surface area (Å²) in [7, 11) is -3.70. The molecule has 0 atom stereocenters. The fourth-order valence-corrected chi connectivity index (χ4v) is 2.04. The smallest absolute Gasteiger partial charge is 0.287 e. The van der Waals surface area contributed by atoms with Crippen LogP contribution in [0.4, 0.5) is 0 Å². The third-order valence-corrected chi connectivity index (χ3v) is 2.98. The Morgan fingerprint density at radius 1 is 0.944 bits per heavy atom. The van der Waals surface area contributed by atoms with Gasteiger partial charge in [-0.2, -0.15) is 0 Å². The van der Waals surface area contributed by atoms with E-state index in [2.05, 4.69) is 9.98 Å². The highest BCUT2D eigenvalue weighted by atomic mass is 31.2. The molecule has 0 spiro atoms. The number of carbonyl (C=O) groups excluding carboxylic acids is 2. The van der Waals surface area contributed by atoms with Crippen LogP contribution in [0.1, 0.15) is 13.3 Å². The quantitative estimate of drug-likeness (QED) is 0.243. The van der Waals surface area contributed by atoms with Crippen molar-refractivity contribution in [3.63, 3.8) is 0 Å². The van der Waals surface area contributed by atoms with Crippen LogP contribution in [-0.4, -0.2) is 45.1 Å². The number of isocyanates is 2. The molecule has 18 heavy (non-hydrogen) atoms. The molecule has 0 heterocycles. The number of rotatable bonds is 11. The standard InChI is InChI=1S/C9H15N2O6P/c1-2-5-15-18(14,16-6-3-10-8-12)17-7-4-11-9-13/h2-7H2,1H3. The van der Waals surface area contributed by atoms with Crippen molar-refractivity contribution in [1.29, 1.82) is 0 Å². The van der Waals surface area contributed by atoms with Gasteiger partial charge in [-0.3, -0.25) is 13.6 Å². The van der Waals surface area contributed by atoms with Gasteiger partial charge in [0, 0.05) is 0 Å². The van der Waals surface area contributed by atoms with E-state index in [-0.39, 0.29) is 32.9 Å². The first kappa shape index (κ1) is 16.9. The van der Waals surface area contributed by atoms with Crippen LogP contribution >= 0.6 is 7.82 Å². The minimum atomic E-state index is -3.70. The van der Waals surface area contributed by atoms with Gasteiger partial charge in [0.05, 0.1) is 32.9 Å². The van der Waals surface area contributed by atoms with Crippen LogP contribution in [0.3, 0.4) is 0 Å². The van der Waals surface area contributed by atoms with E-state index in [1.807, 2.05) is 6.92 Å². The second kappa shape index (κ2) is 11.0. The van der Waals surface area contributed by atoms with E-state index in [0.29, 0.717) is 6.42 Å². The molecular weight excluding hydrogens is 263 g/mol. The van der Waals surface area contributed by atoms with E-state index in [9.17, 15) is 14.2 Å². The number of phosphoric ester groups is 1. The van der Waals surface area contributed by atoms with Gasteiger partial charge >= 0.3 is 7.82 Å². The van der Waals surface area contributed by atoms with E-state index >= 15 is 0 Å². The Hall–Kier alpha value is -1.13. The second-order valence-corrected chi connectivity index (χ2v) is 4.56. The van der Waals surface area contributed by atoms with E-state index in [1.165, 1.54) is 12.2 Å². The lowest BCUT2D eigenvalue weighted by atomic mass is 10.5. The van der Waals surface area contributed by atoms with Crippen molar-refractivity contribution in [3.05, 3.63) is 0 Å². The van der Waals surface area contributed by atoms with Crippen LogP contribution in [0.5, 0.6) is 0 Å². The van der Waals surface area contributed by atoms with Gasteiger partial charge in [0.1, 0.15) is 0 Å². The van der Waals surface area contributed by atoms with Crippen molar-refractivity contribution in [1.82, 2.24) is 0 Å². The summed E-state index contributed by atoms with van der Waals surface area (Å²) in [6.07, 6.45) is 3.28. The predicted molar refractivity (Wildman–Crippen MR) is 61.7 cm³/mol. The number of phosphoric acid groups is 1. The van der Waals surface area contributed by atoms with Crippen LogP contribution in [0.25, 0.3) is 0 Å². The maximum atomic E-state index is 12.0. The Kier molecular flexibility index (Phi) is 10.3. The highest BCUT2D eigenvalue weighted by Crippen LogP contribution is 2.49. The first-order valence-electron chi connectivity index (χ1n) is 5.29. The van der Waals surface area contributed by atoms with Gasteiger partial charge in [0.15, 0.2) is 0 Å². The molecule has 8 nitrogen and oxygen atoms in total. The van der Waals surface area contributed by atoms with Crippen LogP contribution in [0, 0.1) is 0 Å². The van der Waals surface area contributed by atoms with Crippen LogP contribution in [-0.2, 0) is 27.7 Å². The van der Waals surface area contributed by atoms with Gasteiger partial charge in [-0.25, -0.2) is 24.1 Å². The van der Waals surface area contributed by atoms with Crippen molar-refractivity contribution in [2.75, 3.05) is 32.9 Å². The van der Waals surface area contributed by atoms with Crippen LogP contribution in [0.15, 0.2) is 9.98 Å². The van der Waals surface area contributed by atoms with E-state index < -0.39 is 7.82 Å². The van der Waals surface area contributed by atoms with Crippen molar-refractivity contribution < 1.29 is 27.7 Å². The SMILES string of the molecule is CCCOP(=O)(OCCN=C=O)OCCN=C=O. The molecule has 0 aromatic rings. The third-order valence-electron chi connectivity index (χ3n) is 1.49. The maximum absolute atomic E-state index is 12.0. The maximum Gasteiger partial charge on any atom is 0.474 e. The summed E-state index contributed by atoms with van der Waals surface area (Å²) >= 11 is 0. The molecule has 0 aromatic carbocycles. The molecule has 9 heteroatoms. The molecular formula is C9H15N2O6P. The van der Waals surface area contributed by atoms with Gasteiger partial charge in [-0.1, -0.05) is 6.92 Å². The monoisotopic (exact) mass is 278 g/mol. The van der Waals surface area contributed by atoms with Gasteiger partial charge in [-0.05, 0) is 6.42 Å². The molecule has 0 fully saturated rings. The van der Waals surface area contributed by atoms with Crippen molar-refractivity contribution in [2.24, 2.45) is 9.98 Å². The number of aliphatic imine (C=N–C) groups is 2. The Bertz CT molecular complexity index is 334. The Morgan fingerprint density at radius 3 is 1.78 bits per heavy atom. The summed E-state index contributed by atoms with van der Waals surface area (Å²) in [5.74, 6) is 0. The molecule has 0 rings (SSSR count). The lowest BCUT2D eigenvalue weighted by Crippen LogP contribution is -2.06. The summed E-state index contributed by atoms with van der Waals surface area (Å²) < 4.78 is 26.7. The first-order valence-corrected chi connectivity index (χ1v) is 6.75. The molecule has 0 amide bonds. The Balaban J connectivity index is 4.18. The highest BCUT2D eigenvalue weighted by Gasteiger charge is 2.25. The summed E-state index contributed by atoms with van der Waals surface area (Å²) in [5.41, 5.74) is 0. The van der Waals surface area contributed by atoms with Crippen molar-refractivity contribution in [3.8, 4) is 0 Å². The average molecular weight is 278 g/mol. The van der Waals surface area contributed by atoms with Gasteiger partial charge < -0.3 is 0 Å². The highest BCUT2D eigenvalue weighted by molar-refractivity contribution is 7.48. The molecule has 0 saturated carbocycles. The summed E-state index contributed by atoms with van der Waals surface area (Å²) in [6, 6.07) is 0. The molecule has 102 valence electrons. The van der Waals surface area contributed by atoms with E-state index in [0.717, 1.165) is 0 Å². The Labute approximate surface area is 105 Å². The van der Waals surface area contributed by atoms with Gasteiger partial charge in [0.2, 0.25) is 12.2 Å². The zero-order valence-corrected chi connectivity index (χ0v) is 10.9. The van der Waals surface area contributed by atoms with Gasteiger partial charge in [0.25, 0.3) is 0 Å². The first-order chi connectivity index (χ1) is 8.68. The third kappa shape index (κ3) is 8.96. The van der Waals surface area contributed by atoms with Crippen LogP contribution < -0.4 is 0 Å².